The van der Waals surface area contributed by atoms with Crippen molar-refractivity contribution in [3.05, 3.63) is 22.5 Å². The van der Waals surface area contributed by atoms with Gasteiger partial charge in [0.05, 0.1) is 19.5 Å². The van der Waals surface area contributed by atoms with E-state index in [1.165, 1.54) is 19.5 Å². The summed E-state index contributed by atoms with van der Waals surface area (Å²) in [5, 5.41) is 10.6. The lowest BCUT2D eigenvalue weighted by atomic mass is 10.1. The number of nitro groups is 1. The molecule has 0 fully saturated rings. The van der Waals surface area contributed by atoms with Crippen LogP contribution in [0, 0.1) is 10.1 Å². The molecule has 0 aliphatic carbocycles. The van der Waals surface area contributed by atoms with E-state index in [0.29, 0.717) is 24.4 Å². The normalized spacial score (nSPS) is 18.6. The summed E-state index contributed by atoms with van der Waals surface area (Å²) in [5.74, 6) is 0.448. The number of ether oxygens (including phenoxy) is 2. The van der Waals surface area contributed by atoms with E-state index < -0.39 is 4.92 Å². The minimum absolute atomic E-state index is 0.246. The molecule has 2 heterocycles. The second-order valence-electron chi connectivity index (χ2n) is 4.02. The Morgan fingerprint density at radius 3 is 2.84 bits per heavy atom. The van der Waals surface area contributed by atoms with Gasteiger partial charge in [0, 0.05) is 11.5 Å². The molecular weight excluding hydrogens is 252 g/mol. The Balaban J connectivity index is 2.05. The predicted molar refractivity (Wildman–Crippen MR) is 66.4 cm³/mol. The smallest absolute Gasteiger partial charge is 0.316 e. The lowest BCUT2D eigenvalue weighted by molar-refractivity contribution is -0.463. The Hall–Kier alpha value is -2.25. The second-order valence-corrected chi connectivity index (χ2v) is 4.02. The number of hydrogen-bond donors (Lipinski definition) is 0. The molecule has 1 aromatic rings. The predicted octanol–water partition coefficient (Wildman–Crippen LogP) is 0.744. The first kappa shape index (κ1) is 13.2. The summed E-state index contributed by atoms with van der Waals surface area (Å²) in [6.07, 6.45) is 4.13. The van der Waals surface area contributed by atoms with Crippen LogP contribution in [0.1, 0.15) is 12.8 Å². The van der Waals surface area contributed by atoms with Gasteiger partial charge in [0.25, 0.3) is 0 Å². The summed E-state index contributed by atoms with van der Waals surface area (Å²) in [6, 6.07) is 0.246. The number of aromatic nitrogens is 2. The molecule has 19 heavy (non-hydrogen) atoms. The summed E-state index contributed by atoms with van der Waals surface area (Å²) in [4.78, 5) is 22.2. The van der Waals surface area contributed by atoms with Crippen molar-refractivity contribution >= 4 is 5.71 Å². The van der Waals surface area contributed by atoms with Crippen molar-refractivity contribution in [2.24, 2.45) is 4.99 Å². The van der Waals surface area contributed by atoms with Gasteiger partial charge in [-0.1, -0.05) is 0 Å². The van der Waals surface area contributed by atoms with Crippen LogP contribution in [-0.2, 0) is 0 Å². The van der Waals surface area contributed by atoms with Gasteiger partial charge in [0.1, 0.15) is 11.8 Å². The van der Waals surface area contributed by atoms with Crippen molar-refractivity contribution in [3.63, 3.8) is 0 Å². The van der Waals surface area contributed by atoms with E-state index >= 15 is 0 Å². The largest absolute Gasteiger partial charge is 0.481 e. The maximum Gasteiger partial charge on any atom is 0.316 e. The minimum atomic E-state index is -0.398. The Labute approximate surface area is 109 Å². The minimum Gasteiger partial charge on any atom is -0.481 e. The highest BCUT2D eigenvalue weighted by Crippen LogP contribution is 2.17. The number of aliphatic imine (C=N–C) groups is 1. The fourth-order valence-corrected chi connectivity index (χ4v) is 1.81. The standard InChI is InChI=1S/C11H14N4O4/c1-18-11-13-5-8(6-14-11)19-10-3-2-4-12-9(10)7-15(16)17/h5-6,10H,2-4,7H2,1H3. The fourth-order valence-electron chi connectivity index (χ4n) is 1.81. The van der Waals surface area contributed by atoms with Crippen molar-refractivity contribution in [3.8, 4) is 11.8 Å². The van der Waals surface area contributed by atoms with Crippen LogP contribution in [0.5, 0.6) is 11.8 Å². The van der Waals surface area contributed by atoms with Crippen molar-refractivity contribution in [2.75, 3.05) is 20.2 Å². The van der Waals surface area contributed by atoms with Gasteiger partial charge in [-0.3, -0.25) is 15.1 Å². The van der Waals surface area contributed by atoms with Gasteiger partial charge in [-0.2, -0.15) is 9.97 Å². The van der Waals surface area contributed by atoms with Crippen LogP contribution < -0.4 is 9.47 Å². The van der Waals surface area contributed by atoms with Crippen molar-refractivity contribution in [2.45, 2.75) is 18.9 Å². The fraction of sp³-hybridized carbons (Fsp3) is 0.545. The van der Waals surface area contributed by atoms with E-state index in [4.69, 9.17) is 9.47 Å². The lowest BCUT2D eigenvalue weighted by Crippen LogP contribution is -2.35. The van der Waals surface area contributed by atoms with Crippen LogP contribution in [-0.4, -0.2) is 46.9 Å². The van der Waals surface area contributed by atoms with E-state index in [-0.39, 0.29) is 18.7 Å². The van der Waals surface area contributed by atoms with Gasteiger partial charge in [0.15, 0.2) is 5.75 Å². The molecule has 102 valence electrons. The third-order valence-corrected chi connectivity index (χ3v) is 2.67. The zero-order valence-electron chi connectivity index (χ0n) is 10.5. The number of rotatable bonds is 5. The summed E-state index contributed by atoms with van der Waals surface area (Å²) < 4.78 is 10.5. The third kappa shape index (κ3) is 3.60. The van der Waals surface area contributed by atoms with E-state index in [9.17, 15) is 10.1 Å². The first-order valence-corrected chi connectivity index (χ1v) is 5.86. The number of nitrogens with zero attached hydrogens (tertiary/aromatic N) is 4. The molecule has 1 atom stereocenters. The molecule has 1 unspecified atom stereocenters. The number of hydrogen-bond acceptors (Lipinski definition) is 7. The maximum absolute atomic E-state index is 10.6. The highest BCUT2D eigenvalue weighted by atomic mass is 16.6. The third-order valence-electron chi connectivity index (χ3n) is 2.67. The van der Waals surface area contributed by atoms with Gasteiger partial charge in [-0.25, -0.2) is 0 Å². The summed E-state index contributed by atoms with van der Waals surface area (Å²) in [6.45, 7) is 0.323. The molecule has 1 aliphatic heterocycles. The topological polar surface area (TPSA) is 99.7 Å². The molecule has 8 nitrogen and oxygen atoms in total. The SMILES string of the molecule is COc1ncc(OC2CCCN=C2C[N+](=O)[O-])cn1. The molecule has 0 amide bonds. The Morgan fingerprint density at radius 1 is 1.47 bits per heavy atom. The second kappa shape index (κ2) is 6.07. The first-order chi connectivity index (χ1) is 9.19. The summed E-state index contributed by atoms with van der Waals surface area (Å²) in [7, 11) is 1.47. The van der Waals surface area contributed by atoms with Crippen LogP contribution >= 0.6 is 0 Å². The van der Waals surface area contributed by atoms with Crippen LogP contribution in [0.25, 0.3) is 0 Å². The monoisotopic (exact) mass is 266 g/mol. The highest BCUT2D eigenvalue weighted by Gasteiger charge is 2.25. The Morgan fingerprint density at radius 2 is 2.21 bits per heavy atom. The van der Waals surface area contributed by atoms with Crippen LogP contribution in [0.3, 0.4) is 0 Å². The van der Waals surface area contributed by atoms with Crippen LogP contribution in [0.4, 0.5) is 0 Å². The maximum atomic E-state index is 10.6. The van der Waals surface area contributed by atoms with Gasteiger partial charge < -0.3 is 9.47 Å². The summed E-state index contributed by atoms with van der Waals surface area (Å²) >= 11 is 0. The molecule has 8 heteroatoms. The van der Waals surface area contributed by atoms with Gasteiger partial charge in [-0.05, 0) is 12.8 Å². The lowest BCUT2D eigenvalue weighted by Gasteiger charge is -2.21. The van der Waals surface area contributed by atoms with Gasteiger partial charge in [0.2, 0.25) is 6.54 Å². The van der Waals surface area contributed by atoms with Gasteiger partial charge in [-0.15, -0.1) is 0 Å². The van der Waals surface area contributed by atoms with Crippen molar-refractivity contribution in [1.82, 2.24) is 9.97 Å². The highest BCUT2D eigenvalue weighted by molar-refractivity contribution is 5.90. The molecule has 0 spiro atoms. The molecule has 0 saturated heterocycles. The molecule has 2 rings (SSSR count). The molecule has 0 N–H and O–H groups in total. The van der Waals surface area contributed by atoms with E-state index in [1.807, 2.05) is 0 Å². The molecule has 1 aromatic heterocycles. The first-order valence-electron chi connectivity index (χ1n) is 5.86. The Kier molecular flexibility index (Phi) is 4.22. The van der Waals surface area contributed by atoms with Crippen molar-refractivity contribution in [1.29, 1.82) is 0 Å². The van der Waals surface area contributed by atoms with E-state index in [0.717, 1.165) is 6.42 Å². The quantitative estimate of drug-likeness (QED) is 0.575. The molecule has 0 bridgehead atoms. The Bertz CT molecular complexity index is 474. The van der Waals surface area contributed by atoms with Gasteiger partial charge >= 0.3 is 6.01 Å². The number of methoxy groups -OCH3 is 1. The molecule has 0 radical (unpaired) electrons. The summed E-state index contributed by atoms with van der Waals surface area (Å²) in [5.41, 5.74) is 0.465. The zero-order valence-corrected chi connectivity index (χ0v) is 10.5. The average Bonchev–Trinajstić information content (AvgIpc) is 2.41. The average molecular weight is 266 g/mol. The van der Waals surface area contributed by atoms with Crippen molar-refractivity contribution < 1.29 is 14.4 Å². The van der Waals surface area contributed by atoms with Crippen LogP contribution in [0.2, 0.25) is 0 Å². The molecular formula is C11H14N4O4. The molecule has 1 aliphatic rings. The van der Waals surface area contributed by atoms with Crippen LogP contribution in [0.15, 0.2) is 17.4 Å². The van der Waals surface area contributed by atoms with E-state index in [1.54, 1.807) is 0 Å². The molecule has 0 saturated carbocycles. The zero-order chi connectivity index (χ0) is 13.7. The van der Waals surface area contributed by atoms with E-state index in [2.05, 4.69) is 15.0 Å². The molecule has 0 aromatic carbocycles.